The van der Waals surface area contributed by atoms with E-state index in [0.717, 1.165) is 6.42 Å². The Morgan fingerprint density at radius 2 is 1.75 bits per heavy atom. The Bertz CT molecular complexity index is 23.6. The molecule has 0 N–H and O–H groups in total. The minimum Gasteiger partial charge on any atom is -0.343 e. The van der Waals surface area contributed by atoms with E-state index in [1.807, 2.05) is 0 Å². The maximum absolute atomic E-state index is 3.76. The molecule has 47 valence electrons. The quantitative estimate of drug-likeness (QED) is 0.470. The van der Waals surface area contributed by atoms with Gasteiger partial charge in [-0.05, 0) is 0 Å². The first-order valence-electron chi connectivity index (χ1n) is 3.21. The molecule has 0 heterocycles. The predicted octanol–water partition coefficient (Wildman–Crippen LogP) is 2.79. The van der Waals surface area contributed by atoms with Crippen LogP contribution in [0.1, 0.15) is 39.0 Å². The fourth-order valence-corrected chi connectivity index (χ4v) is 0.604. The van der Waals surface area contributed by atoms with Crippen LogP contribution in [0.3, 0.4) is 0 Å². The molecule has 8 heavy (non-hydrogen) atoms. The van der Waals surface area contributed by atoms with Gasteiger partial charge < -0.3 is 6.92 Å². The van der Waals surface area contributed by atoms with E-state index in [1.54, 1.807) is 0 Å². The van der Waals surface area contributed by atoms with E-state index < -0.39 is 0 Å². The number of hydrogen-bond donors (Lipinski definition) is 0. The first kappa shape index (κ1) is 11.8. The van der Waals surface area contributed by atoms with Crippen molar-refractivity contribution < 1.29 is 32.7 Å². The van der Waals surface area contributed by atoms with E-state index in [4.69, 9.17) is 0 Å². The fourth-order valence-electron chi connectivity index (χ4n) is 0.604. The van der Waals surface area contributed by atoms with Gasteiger partial charge in [-0.3, -0.25) is 0 Å². The first-order valence-corrected chi connectivity index (χ1v) is 3.21. The molecule has 0 aromatic rings. The van der Waals surface area contributed by atoms with Crippen LogP contribution >= 0.6 is 0 Å². The number of hydrogen-bond acceptors (Lipinski definition) is 0. The van der Waals surface area contributed by atoms with E-state index in [-0.39, 0.29) is 32.7 Å². The smallest absolute Gasteiger partial charge is 0 e. The summed E-state index contributed by atoms with van der Waals surface area (Å²) in [5, 5.41) is 0. The Hall–Kier alpha value is 1.10. The van der Waals surface area contributed by atoms with Crippen molar-refractivity contribution in [2.45, 2.75) is 39.0 Å². The van der Waals surface area contributed by atoms with Crippen LogP contribution in [0, 0.1) is 6.92 Å². The van der Waals surface area contributed by atoms with Gasteiger partial charge in [0.2, 0.25) is 0 Å². The zero-order valence-corrected chi connectivity index (χ0v) is 8.66. The van der Waals surface area contributed by atoms with E-state index in [2.05, 4.69) is 13.8 Å². The molecule has 0 rings (SSSR count). The zero-order valence-electron chi connectivity index (χ0n) is 5.82. The molecule has 0 saturated heterocycles. The second kappa shape index (κ2) is 11.0. The summed E-state index contributed by atoms with van der Waals surface area (Å²) in [6.45, 7) is 5.98. The van der Waals surface area contributed by atoms with Crippen LogP contribution in [0.4, 0.5) is 0 Å². The van der Waals surface area contributed by atoms with Crippen molar-refractivity contribution in [3.8, 4) is 0 Å². The molecule has 0 unspecified atom stereocenters. The first-order chi connectivity index (χ1) is 3.41. The second-order valence-electron chi connectivity index (χ2n) is 1.91. The minimum atomic E-state index is 0. The van der Waals surface area contributed by atoms with Gasteiger partial charge >= 0.3 is 0 Å². The van der Waals surface area contributed by atoms with Gasteiger partial charge in [-0.1, -0.05) is 32.6 Å². The Kier molecular flexibility index (Phi) is 16.3. The predicted molar refractivity (Wildman–Crippen MR) is 34.1 cm³/mol. The molecule has 0 aromatic carbocycles. The standard InChI is InChI=1S/C7H15.Y/c1-3-5-7-6-4-2;/h1,3-7H2,2H3;/q-1;. The molecule has 0 amide bonds. The van der Waals surface area contributed by atoms with Gasteiger partial charge in [-0.15, -0.1) is 0 Å². The van der Waals surface area contributed by atoms with Gasteiger partial charge in [0.25, 0.3) is 0 Å². The molecule has 0 aromatic heterocycles. The average Bonchev–Trinajstić information content (AvgIpc) is 1.69. The van der Waals surface area contributed by atoms with Gasteiger partial charge in [0.15, 0.2) is 0 Å². The molecule has 0 spiro atoms. The Balaban J connectivity index is 0. The molecular weight excluding hydrogens is 173 g/mol. The summed E-state index contributed by atoms with van der Waals surface area (Å²) < 4.78 is 0. The molecular formula is C7H15Y-. The monoisotopic (exact) mass is 188 g/mol. The Morgan fingerprint density at radius 3 is 2.12 bits per heavy atom. The number of rotatable bonds is 4. The average molecular weight is 188 g/mol. The van der Waals surface area contributed by atoms with Crippen molar-refractivity contribution in [2.24, 2.45) is 0 Å². The maximum atomic E-state index is 3.76. The SMILES string of the molecule is [CH2-]CCCCCC.[Y]. The van der Waals surface area contributed by atoms with E-state index in [9.17, 15) is 0 Å². The molecule has 0 fully saturated rings. The van der Waals surface area contributed by atoms with E-state index in [1.165, 1.54) is 25.7 Å². The summed E-state index contributed by atoms with van der Waals surface area (Å²) in [7, 11) is 0. The van der Waals surface area contributed by atoms with Gasteiger partial charge in [0.1, 0.15) is 0 Å². The molecule has 0 bridgehead atoms. The largest absolute Gasteiger partial charge is 0.343 e. The van der Waals surface area contributed by atoms with E-state index in [0.29, 0.717) is 0 Å². The normalized spacial score (nSPS) is 8.25. The van der Waals surface area contributed by atoms with Crippen molar-refractivity contribution in [1.29, 1.82) is 0 Å². The third-order valence-electron chi connectivity index (χ3n) is 1.10. The summed E-state index contributed by atoms with van der Waals surface area (Å²) in [5.41, 5.74) is 0. The molecule has 1 radical (unpaired) electrons. The van der Waals surface area contributed by atoms with Gasteiger partial charge in [0.05, 0.1) is 0 Å². The zero-order chi connectivity index (χ0) is 5.54. The number of unbranched alkanes of at least 4 members (excludes halogenated alkanes) is 4. The van der Waals surface area contributed by atoms with Gasteiger partial charge in [-0.25, -0.2) is 0 Å². The topological polar surface area (TPSA) is 0 Å². The van der Waals surface area contributed by atoms with Crippen molar-refractivity contribution in [3.05, 3.63) is 6.92 Å². The molecule has 0 nitrogen and oxygen atoms in total. The summed E-state index contributed by atoms with van der Waals surface area (Å²) in [4.78, 5) is 0. The summed E-state index contributed by atoms with van der Waals surface area (Å²) in [5.74, 6) is 0. The molecule has 0 aliphatic heterocycles. The van der Waals surface area contributed by atoms with Crippen LogP contribution in [0.15, 0.2) is 0 Å². The molecule has 0 saturated carbocycles. The van der Waals surface area contributed by atoms with E-state index >= 15 is 0 Å². The van der Waals surface area contributed by atoms with Crippen molar-refractivity contribution in [3.63, 3.8) is 0 Å². The van der Waals surface area contributed by atoms with Crippen LogP contribution in [-0.2, 0) is 32.7 Å². The Labute approximate surface area is 78.3 Å². The third kappa shape index (κ3) is 10.2. The molecule has 0 aliphatic carbocycles. The van der Waals surface area contributed by atoms with Crippen molar-refractivity contribution >= 4 is 0 Å². The van der Waals surface area contributed by atoms with Crippen molar-refractivity contribution in [2.75, 3.05) is 0 Å². The third-order valence-corrected chi connectivity index (χ3v) is 1.10. The van der Waals surface area contributed by atoms with Gasteiger partial charge in [-0.2, -0.15) is 6.42 Å². The van der Waals surface area contributed by atoms with Crippen LogP contribution in [0.5, 0.6) is 0 Å². The van der Waals surface area contributed by atoms with Crippen molar-refractivity contribution in [1.82, 2.24) is 0 Å². The minimum absolute atomic E-state index is 0. The molecule has 0 atom stereocenters. The maximum Gasteiger partial charge on any atom is 0 e. The fraction of sp³-hybridized carbons (Fsp3) is 0.857. The Morgan fingerprint density at radius 1 is 1.12 bits per heavy atom. The summed E-state index contributed by atoms with van der Waals surface area (Å²) in [6, 6.07) is 0. The van der Waals surface area contributed by atoms with Crippen LogP contribution in [0.2, 0.25) is 0 Å². The van der Waals surface area contributed by atoms with Gasteiger partial charge in [0, 0.05) is 32.7 Å². The summed E-state index contributed by atoms with van der Waals surface area (Å²) >= 11 is 0. The van der Waals surface area contributed by atoms with Crippen LogP contribution in [-0.4, -0.2) is 0 Å². The summed E-state index contributed by atoms with van der Waals surface area (Å²) in [6.07, 6.45) is 6.52. The molecule has 0 aliphatic rings. The second-order valence-corrected chi connectivity index (χ2v) is 1.91. The molecule has 1 heteroatoms. The van der Waals surface area contributed by atoms with Crippen LogP contribution < -0.4 is 0 Å². The van der Waals surface area contributed by atoms with Crippen LogP contribution in [0.25, 0.3) is 0 Å².